The smallest absolute Gasteiger partial charge is 0.257 e. The van der Waals surface area contributed by atoms with Crippen LogP contribution in [-0.2, 0) is 22.1 Å². The summed E-state index contributed by atoms with van der Waals surface area (Å²) < 4.78 is 55.5. The molecule has 6 nitrogen and oxygen atoms in total. The van der Waals surface area contributed by atoms with Crippen molar-refractivity contribution in [1.82, 2.24) is 14.5 Å². The molecule has 1 aromatic heterocycles. The number of halogens is 2. The lowest BCUT2D eigenvalue weighted by molar-refractivity contribution is 0.0712. The monoisotopic (exact) mass is 489 g/mol. The summed E-state index contributed by atoms with van der Waals surface area (Å²) in [6.07, 6.45) is 1.44. The van der Waals surface area contributed by atoms with Crippen LogP contribution in [-0.4, -0.2) is 35.3 Å². The van der Waals surface area contributed by atoms with Gasteiger partial charge in [-0.25, -0.2) is 22.2 Å². The first-order valence-electron chi connectivity index (χ1n) is 11.1. The van der Waals surface area contributed by atoms with Gasteiger partial charge in [0.15, 0.2) is 0 Å². The molecule has 9 heteroatoms. The summed E-state index contributed by atoms with van der Waals surface area (Å²) in [6, 6.07) is 10.8. The fourth-order valence-corrected chi connectivity index (χ4v) is 5.40. The van der Waals surface area contributed by atoms with Gasteiger partial charge in [-0.3, -0.25) is 4.79 Å². The highest BCUT2D eigenvalue weighted by atomic mass is 32.2. The van der Waals surface area contributed by atoms with Gasteiger partial charge in [0, 0.05) is 12.6 Å². The van der Waals surface area contributed by atoms with Crippen LogP contribution in [0.15, 0.2) is 59.9 Å². The summed E-state index contributed by atoms with van der Waals surface area (Å²) >= 11 is 0. The van der Waals surface area contributed by atoms with E-state index in [1.165, 1.54) is 53.6 Å². The molecule has 0 aliphatic heterocycles. The molecule has 0 saturated carbocycles. The molecule has 0 atom stereocenters. The number of amides is 1. The average molecular weight is 490 g/mol. The maximum atomic E-state index is 14.3. The van der Waals surface area contributed by atoms with E-state index in [4.69, 9.17) is 0 Å². The summed E-state index contributed by atoms with van der Waals surface area (Å²) in [6.45, 7) is 7.97. The topological polar surface area (TPSA) is 72.3 Å². The van der Waals surface area contributed by atoms with Crippen LogP contribution in [0.1, 0.15) is 55.4 Å². The van der Waals surface area contributed by atoms with Crippen LogP contribution in [0.5, 0.6) is 0 Å². The van der Waals surface area contributed by atoms with Crippen molar-refractivity contribution in [3.8, 4) is 0 Å². The summed E-state index contributed by atoms with van der Waals surface area (Å²) in [5, 5.41) is -0.121. The molecule has 0 saturated heterocycles. The molecular formula is C25H29F2N3O3S. The van der Waals surface area contributed by atoms with Crippen molar-refractivity contribution in [2.75, 3.05) is 6.54 Å². The zero-order valence-corrected chi connectivity index (χ0v) is 20.5. The Kier molecular flexibility index (Phi) is 7.86. The van der Waals surface area contributed by atoms with Crippen LogP contribution in [0.2, 0.25) is 0 Å². The number of aromatic nitrogens is 2. The maximum Gasteiger partial charge on any atom is 0.257 e. The molecular weight excluding hydrogens is 460 g/mol. The normalized spacial score (nSPS) is 11.9. The van der Waals surface area contributed by atoms with Gasteiger partial charge in [0.05, 0.1) is 29.8 Å². The molecule has 0 spiro atoms. The van der Waals surface area contributed by atoms with Crippen molar-refractivity contribution < 1.29 is 22.0 Å². The largest absolute Gasteiger partial charge is 0.332 e. The highest BCUT2D eigenvalue weighted by Gasteiger charge is 2.28. The van der Waals surface area contributed by atoms with Crippen LogP contribution < -0.4 is 0 Å². The van der Waals surface area contributed by atoms with Crippen LogP contribution in [0, 0.1) is 17.6 Å². The zero-order chi connectivity index (χ0) is 25.0. The summed E-state index contributed by atoms with van der Waals surface area (Å²) in [5.41, 5.74) is 0.929. The minimum atomic E-state index is -3.85. The summed E-state index contributed by atoms with van der Waals surface area (Å²) in [5.74, 6) is -1.76. The Balaban J connectivity index is 1.96. The third-order valence-corrected chi connectivity index (χ3v) is 6.81. The van der Waals surface area contributed by atoms with Gasteiger partial charge in [-0.05, 0) is 49.6 Å². The number of hydrogen-bond donors (Lipinski definition) is 0. The van der Waals surface area contributed by atoms with E-state index in [-0.39, 0.29) is 35.0 Å². The number of rotatable bonds is 9. The van der Waals surface area contributed by atoms with E-state index >= 15 is 0 Å². The Morgan fingerprint density at radius 3 is 2.26 bits per heavy atom. The Bertz CT molecular complexity index is 1250. The predicted molar refractivity (Wildman–Crippen MR) is 126 cm³/mol. The van der Waals surface area contributed by atoms with Gasteiger partial charge in [0.25, 0.3) is 5.91 Å². The van der Waals surface area contributed by atoms with Crippen molar-refractivity contribution in [2.24, 2.45) is 5.92 Å². The van der Waals surface area contributed by atoms with E-state index in [1.54, 1.807) is 10.6 Å². The Morgan fingerprint density at radius 1 is 1.03 bits per heavy atom. The molecule has 0 bridgehead atoms. The molecule has 0 N–H and O–H groups in total. The van der Waals surface area contributed by atoms with E-state index < -0.39 is 27.4 Å². The lowest BCUT2D eigenvalue weighted by Crippen LogP contribution is -2.35. The minimum Gasteiger partial charge on any atom is -0.332 e. The molecule has 0 unspecified atom stereocenters. The first kappa shape index (κ1) is 25.6. The standard InChI is InChI=1S/C25H29F2N3O3S/c1-17(2)14-29(24(31)22-7-5-6-8-23(22)27)15-21-13-28-25(30(21)18(3)4)34(32,33)16-19-9-11-20(26)12-10-19/h5-13,17-18H,14-16H2,1-4H3. The quantitative estimate of drug-likeness (QED) is 0.423. The van der Waals surface area contributed by atoms with Gasteiger partial charge < -0.3 is 9.47 Å². The average Bonchev–Trinajstić information content (AvgIpc) is 3.19. The fourth-order valence-electron chi connectivity index (χ4n) is 3.80. The highest BCUT2D eigenvalue weighted by molar-refractivity contribution is 7.90. The van der Waals surface area contributed by atoms with Crippen molar-refractivity contribution in [1.29, 1.82) is 0 Å². The van der Waals surface area contributed by atoms with E-state index in [9.17, 15) is 22.0 Å². The molecule has 0 aliphatic rings. The number of carbonyl (C=O) groups is 1. The number of sulfone groups is 1. The lowest BCUT2D eigenvalue weighted by atomic mass is 10.1. The second kappa shape index (κ2) is 10.5. The SMILES string of the molecule is CC(C)CN(Cc1cnc(S(=O)(=O)Cc2ccc(F)cc2)n1C(C)C)C(=O)c1ccccc1F. The Labute approximate surface area is 199 Å². The number of hydrogen-bond acceptors (Lipinski definition) is 4. The fraction of sp³-hybridized carbons (Fsp3) is 0.360. The van der Waals surface area contributed by atoms with Gasteiger partial charge in [-0.15, -0.1) is 0 Å². The van der Waals surface area contributed by atoms with Gasteiger partial charge in [-0.1, -0.05) is 38.1 Å². The molecule has 34 heavy (non-hydrogen) atoms. The molecule has 2 aromatic carbocycles. The minimum absolute atomic E-state index is 0.0390. The molecule has 1 heterocycles. The molecule has 1 amide bonds. The van der Waals surface area contributed by atoms with Crippen molar-refractivity contribution >= 4 is 15.7 Å². The number of imidazole rings is 1. The van der Waals surface area contributed by atoms with Crippen molar-refractivity contribution in [3.63, 3.8) is 0 Å². The second-order valence-electron chi connectivity index (χ2n) is 8.94. The summed E-state index contributed by atoms with van der Waals surface area (Å²) in [4.78, 5) is 18.9. The Hall–Kier alpha value is -3.07. The molecule has 182 valence electrons. The third kappa shape index (κ3) is 5.88. The van der Waals surface area contributed by atoms with Crippen LogP contribution >= 0.6 is 0 Å². The van der Waals surface area contributed by atoms with Crippen LogP contribution in [0.25, 0.3) is 0 Å². The highest BCUT2D eigenvalue weighted by Crippen LogP contribution is 2.24. The van der Waals surface area contributed by atoms with Crippen LogP contribution in [0.4, 0.5) is 8.78 Å². The van der Waals surface area contributed by atoms with Gasteiger partial charge in [0.1, 0.15) is 11.6 Å². The maximum absolute atomic E-state index is 14.3. The first-order valence-corrected chi connectivity index (χ1v) is 12.7. The molecule has 0 fully saturated rings. The molecule has 3 rings (SSSR count). The molecule has 3 aromatic rings. The van der Waals surface area contributed by atoms with E-state index in [2.05, 4.69) is 4.98 Å². The van der Waals surface area contributed by atoms with Crippen LogP contribution in [0.3, 0.4) is 0 Å². The number of nitrogens with zero attached hydrogens (tertiary/aromatic N) is 3. The van der Waals surface area contributed by atoms with E-state index in [1.807, 2.05) is 27.7 Å². The third-order valence-electron chi connectivity index (χ3n) is 5.23. The summed E-state index contributed by atoms with van der Waals surface area (Å²) in [7, 11) is -3.85. The second-order valence-corrected chi connectivity index (χ2v) is 10.8. The molecule has 0 radical (unpaired) electrons. The van der Waals surface area contributed by atoms with E-state index in [0.717, 1.165) is 0 Å². The zero-order valence-electron chi connectivity index (χ0n) is 19.7. The number of benzene rings is 2. The Morgan fingerprint density at radius 2 is 1.68 bits per heavy atom. The first-order chi connectivity index (χ1) is 16.0. The van der Waals surface area contributed by atoms with Crippen molar-refractivity contribution in [3.05, 3.63) is 83.2 Å². The predicted octanol–water partition coefficient (Wildman–Crippen LogP) is 5.01. The lowest BCUT2D eigenvalue weighted by Gasteiger charge is -2.26. The van der Waals surface area contributed by atoms with Gasteiger partial charge in [0.2, 0.25) is 15.0 Å². The molecule has 0 aliphatic carbocycles. The van der Waals surface area contributed by atoms with E-state index in [0.29, 0.717) is 17.8 Å². The van der Waals surface area contributed by atoms with Crippen molar-refractivity contribution in [2.45, 2.75) is 51.2 Å². The van der Waals surface area contributed by atoms with Gasteiger partial charge in [-0.2, -0.15) is 0 Å². The van der Waals surface area contributed by atoms with Gasteiger partial charge >= 0.3 is 0 Å². The number of carbonyl (C=O) groups excluding carboxylic acids is 1.